The van der Waals surface area contributed by atoms with Crippen molar-refractivity contribution in [2.24, 2.45) is 0 Å². The molecule has 2 unspecified atom stereocenters. The minimum absolute atomic E-state index is 0.0335. The molecule has 2 N–H and O–H groups in total. The van der Waals surface area contributed by atoms with E-state index >= 15 is 0 Å². The quantitative estimate of drug-likeness (QED) is 0.484. The first-order chi connectivity index (χ1) is 15.5. The van der Waals surface area contributed by atoms with Gasteiger partial charge >= 0.3 is 5.97 Å². The average Bonchev–Trinajstić information content (AvgIpc) is 2.75. The summed E-state index contributed by atoms with van der Waals surface area (Å²) >= 11 is 12.8. The Balaban J connectivity index is 2.29. The number of rotatable bonds is 6. The minimum Gasteiger partial charge on any atom is -0.508 e. The molecule has 1 aliphatic rings. The van der Waals surface area contributed by atoms with Crippen molar-refractivity contribution in [3.8, 4) is 5.75 Å². The van der Waals surface area contributed by atoms with Gasteiger partial charge in [0.2, 0.25) is 9.84 Å². The molecule has 1 heterocycles. The van der Waals surface area contributed by atoms with E-state index in [9.17, 15) is 18.3 Å². The molecule has 0 fully saturated rings. The van der Waals surface area contributed by atoms with E-state index < -0.39 is 21.7 Å². The number of carbonyl (C=O) groups excluding carboxylic acids is 1. The highest BCUT2D eigenvalue weighted by molar-refractivity contribution is 7.95. The maximum absolute atomic E-state index is 13.8. The van der Waals surface area contributed by atoms with Crippen LogP contribution in [0.25, 0.3) is 0 Å². The lowest BCUT2D eigenvalue weighted by atomic mass is 9.86. The van der Waals surface area contributed by atoms with Crippen LogP contribution in [-0.4, -0.2) is 25.6 Å². The Morgan fingerprint density at radius 2 is 1.76 bits per heavy atom. The van der Waals surface area contributed by atoms with Crippen LogP contribution in [0.2, 0.25) is 10.0 Å². The van der Waals surface area contributed by atoms with Gasteiger partial charge < -0.3 is 15.2 Å². The van der Waals surface area contributed by atoms with Crippen molar-refractivity contribution in [2.75, 3.05) is 0 Å². The summed E-state index contributed by atoms with van der Waals surface area (Å²) in [4.78, 5) is 13.2. The van der Waals surface area contributed by atoms with Crippen molar-refractivity contribution in [3.63, 3.8) is 0 Å². The van der Waals surface area contributed by atoms with Gasteiger partial charge in [0.1, 0.15) is 5.75 Å². The number of sulfone groups is 1. The van der Waals surface area contributed by atoms with Crippen LogP contribution in [0.3, 0.4) is 0 Å². The summed E-state index contributed by atoms with van der Waals surface area (Å²) in [7, 11) is -4.12. The van der Waals surface area contributed by atoms with Crippen LogP contribution in [0, 0.1) is 0 Å². The van der Waals surface area contributed by atoms with E-state index in [1.807, 2.05) is 6.92 Å². The summed E-state index contributed by atoms with van der Waals surface area (Å²) in [6, 6.07) is 10.1. The maximum atomic E-state index is 13.8. The van der Waals surface area contributed by atoms with Gasteiger partial charge in [-0.3, -0.25) is 0 Å². The van der Waals surface area contributed by atoms with E-state index in [0.29, 0.717) is 23.4 Å². The lowest BCUT2D eigenvalue weighted by molar-refractivity contribution is -0.143. The van der Waals surface area contributed by atoms with E-state index in [2.05, 4.69) is 5.32 Å². The molecule has 0 aliphatic carbocycles. The zero-order chi connectivity index (χ0) is 24.5. The Labute approximate surface area is 203 Å². The highest BCUT2D eigenvalue weighted by Crippen LogP contribution is 2.46. The Hall–Kier alpha value is -2.48. The second-order valence-electron chi connectivity index (χ2n) is 7.85. The number of benzene rings is 2. The number of dihydropyridines is 1. The number of hydrogen-bond donors (Lipinski definition) is 2. The van der Waals surface area contributed by atoms with E-state index in [-0.39, 0.29) is 37.3 Å². The monoisotopic (exact) mass is 509 g/mol. The molecule has 0 amide bonds. The Morgan fingerprint density at radius 3 is 2.36 bits per heavy atom. The van der Waals surface area contributed by atoms with Crippen molar-refractivity contribution in [2.45, 2.75) is 51.0 Å². The lowest BCUT2D eigenvalue weighted by Crippen LogP contribution is -2.33. The zero-order valence-corrected chi connectivity index (χ0v) is 21.0. The molecule has 0 radical (unpaired) electrons. The normalized spacial score (nSPS) is 17.6. The molecule has 0 saturated heterocycles. The predicted molar refractivity (Wildman–Crippen MR) is 129 cm³/mol. The molecule has 6 nitrogen and oxygen atoms in total. The summed E-state index contributed by atoms with van der Waals surface area (Å²) in [5, 5.41) is 13.0. The Bertz CT molecular complexity index is 1250. The lowest BCUT2D eigenvalue weighted by Gasteiger charge is -2.32. The summed E-state index contributed by atoms with van der Waals surface area (Å²) in [6.45, 7) is 6.96. The van der Waals surface area contributed by atoms with Gasteiger partial charge in [-0.05, 0) is 63.1 Å². The minimum atomic E-state index is -4.12. The van der Waals surface area contributed by atoms with Crippen LogP contribution in [0.15, 0.2) is 69.2 Å². The fourth-order valence-corrected chi connectivity index (χ4v) is 5.90. The maximum Gasteiger partial charge on any atom is 0.337 e. The standard InChI is InChI=1S/C24H25Cl2NO5S/c1-5-13(2)32-24(29)20-14(3)27-15(4)23(21(20)18-7-6-8-19(25)22(18)26)33(30,31)17-11-9-16(28)10-12-17/h6-13,21,27-28H,5H2,1-4H3. The summed E-state index contributed by atoms with van der Waals surface area (Å²) in [6.07, 6.45) is 0.235. The van der Waals surface area contributed by atoms with Crippen molar-refractivity contribution in [1.82, 2.24) is 5.32 Å². The number of carbonyl (C=O) groups is 1. The number of allylic oxidation sites excluding steroid dienone is 3. The zero-order valence-electron chi connectivity index (χ0n) is 18.6. The molecule has 2 aromatic rings. The number of phenolic OH excluding ortho intramolecular Hbond substituents is 1. The molecule has 1 aliphatic heterocycles. The topological polar surface area (TPSA) is 92.7 Å². The molecule has 2 aromatic carbocycles. The second-order valence-corrected chi connectivity index (χ2v) is 10.6. The van der Waals surface area contributed by atoms with Crippen LogP contribution in [0.5, 0.6) is 5.75 Å². The van der Waals surface area contributed by atoms with Gasteiger partial charge in [0.15, 0.2) is 0 Å². The highest BCUT2D eigenvalue weighted by Gasteiger charge is 2.42. The number of ether oxygens (including phenoxy) is 1. The highest BCUT2D eigenvalue weighted by atomic mass is 35.5. The van der Waals surface area contributed by atoms with E-state index in [4.69, 9.17) is 27.9 Å². The summed E-state index contributed by atoms with van der Waals surface area (Å²) in [5.41, 5.74) is 1.33. The number of halogens is 2. The molecular weight excluding hydrogens is 485 g/mol. The van der Waals surface area contributed by atoms with E-state index in [1.165, 1.54) is 24.3 Å². The first-order valence-electron chi connectivity index (χ1n) is 10.4. The molecule has 176 valence electrons. The average molecular weight is 510 g/mol. The summed E-state index contributed by atoms with van der Waals surface area (Å²) in [5.74, 6) is -1.75. The molecule has 33 heavy (non-hydrogen) atoms. The molecule has 3 rings (SSSR count). The fourth-order valence-electron chi connectivity index (χ4n) is 3.72. The Morgan fingerprint density at radius 1 is 1.12 bits per heavy atom. The number of nitrogens with one attached hydrogen (secondary N) is 1. The molecule has 0 aromatic heterocycles. The van der Waals surface area contributed by atoms with Gasteiger partial charge in [-0.2, -0.15) is 0 Å². The third-order valence-electron chi connectivity index (χ3n) is 5.53. The first-order valence-corrected chi connectivity index (χ1v) is 12.6. The van der Waals surface area contributed by atoms with Gasteiger partial charge in [-0.1, -0.05) is 42.3 Å². The third kappa shape index (κ3) is 4.90. The smallest absolute Gasteiger partial charge is 0.337 e. The number of phenols is 1. The van der Waals surface area contributed by atoms with Crippen LogP contribution < -0.4 is 5.32 Å². The molecular formula is C24H25Cl2NO5S. The largest absolute Gasteiger partial charge is 0.508 e. The van der Waals surface area contributed by atoms with Crippen molar-refractivity contribution in [1.29, 1.82) is 0 Å². The molecule has 2 atom stereocenters. The van der Waals surface area contributed by atoms with E-state index in [0.717, 1.165) is 0 Å². The predicted octanol–water partition coefficient (Wildman–Crippen LogP) is 5.71. The van der Waals surface area contributed by atoms with Crippen molar-refractivity contribution in [3.05, 3.63) is 79.9 Å². The number of hydrogen-bond acceptors (Lipinski definition) is 6. The second kappa shape index (κ2) is 9.79. The van der Waals surface area contributed by atoms with Crippen molar-refractivity contribution >= 4 is 39.0 Å². The molecule has 0 bridgehead atoms. The van der Waals surface area contributed by atoms with Crippen LogP contribution in [0.4, 0.5) is 0 Å². The van der Waals surface area contributed by atoms with Gasteiger partial charge in [0, 0.05) is 11.4 Å². The van der Waals surface area contributed by atoms with Gasteiger partial charge in [-0.15, -0.1) is 0 Å². The Kier molecular flexibility index (Phi) is 7.46. The summed E-state index contributed by atoms with van der Waals surface area (Å²) < 4.78 is 33.2. The molecule has 0 saturated carbocycles. The molecule has 0 spiro atoms. The van der Waals surface area contributed by atoms with Crippen LogP contribution >= 0.6 is 23.2 Å². The third-order valence-corrected chi connectivity index (χ3v) is 8.38. The van der Waals surface area contributed by atoms with Gasteiger partial charge in [0.25, 0.3) is 0 Å². The van der Waals surface area contributed by atoms with Crippen molar-refractivity contribution < 1.29 is 23.1 Å². The molecule has 9 heteroatoms. The van der Waals surface area contributed by atoms with E-state index in [1.54, 1.807) is 39.0 Å². The van der Waals surface area contributed by atoms with Gasteiger partial charge in [-0.25, -0.2) is 13.2 Å². The van der Waals surface area contributed by atoms with Gasteiger partial charge in [0.05, 0.1) is 37.4 Å². The SMILES string of the molecule is CCC(C)OC(=O)C1=C(C)NC(C)=C(S(=O)(=O)c2ccc(O)cc2)C1c1cccc(Cl)c1Cl. The van der Waals surface area contributed by atoms with Crippen LogP contribution in [0.1, 0.15) is 45.6 Å². The van der Waals surface area contributed by atoms with Crippen LogP contribution in [-0.2, 0) is 19.4 Å². The first kappa shape index (κ1) is 25.1. The number of aromatic hydroxyl groups is 1. The fraction of sp³-hybridized carbons (Fsp3) is 0.292. The number of esters is 1.